The fraction of sp³-hybridized carbons (Fsp3) is 0.423. The van der Waals surface area contributed by atoms with Crippen LogP contribution < -0.4 is 10.6 Å². The summed E-state index contributed by atoms with van der Waals surface area (Å²) in [5, 5.41) is 14.9. The molecular formula is C26H28N2O6. The minimum atomic E-state index is -1.19. The van der Waals surface area contributed by atoms with Gasteiger partial charge in [0, 0.05) is 25.0 Å². The SMILES string of the molecule is O=C(NCC1CCOC1C(=O)NC1(C(=O)O)CCC1)OCC1c2ccccc2-c2ccccc21. The van der Waals surface area contributed by atoms with Crippen LogP contribution in [0.1, 0.15) is 42.7 Å². The fourth-order valence-electron chi connectivity index (χ4n) is 5.23. The lowest BCUT2D eigenvalue weighted by Crippen LogP contribution is -2.61. The molecule has 0 spiro atoms. The van der Waals surface area contributed by atoms with Crippen molar-refractivity contribution in [3.63, 3.8) is 0 Å². The molecule has 2 aromatic rings. The smallest absolute Gasteiger partial charge is 0.407 e. The summed E-state index contributed by atoms with van der Waals surface area (Å²) in [6, 6.07) is 16.3. The number of alkyl carbamates (subject to hydrolysis) is 1. The lowest BCUT2D eigenvalue weighted by Gasteiger charge is -2.39. The third-order valence-electron chi connectivity index (χ3n) is 7.30. The molecule has 2 amide bonds. The van der Waals surface area contributed by atoms with Crippen molar-refractivity contribution in [3.05, 3.63) is 59.7 Å². The predicted molar refractivity (Wildman–Crippen MR) is 123 cm³/mol. The van der Waals surface area contributed by atoms with Crippen LogP contribution in [-0.2, 0) is 19.1 Å². The van der Waals surface area contributed by atoms with E-state index in [2.05, 4.69) is 34.9 Å². The zero-order valence-corrected chi connectivity index (χ0v) is 18.8. The Kier molecular flexibility index (Phi) is 6.00. The quantitative estimate of drug-likeness (QED) is 0.580. The van der Waals surface area contributed by atoms with Crippen LogP contribution in [0.2, 0.25) is 0 Å². The highest BCUT2D eigenvalue weighted by Crippen LogP contribution is 2.44. The Labute approximate surface area is 197 Å². The summed E-state index contributed by atoms with van der Waals surface area (Å²) in [6.45, 7) is 0.816. The minimum Gasteiger partial charge on any atom is -0.480 e. The van der Waals surface area contributed by atoms with E-state index < -0.39 is 29.6 Å². The number of fused-ring (bicyclic) bond motifs is 3. The van der Waals surface area contributed by atoms with Gasteiger partial charge >= 0.3 is 12.1 Å². The number of amides is 2. The fourth-order valence-corrected chi connectivity index (χ4v) is 5.23. The second kappa shape index (κ2) is 9.10. The van der Waals surface area contributed by atoms with Gasteiger partial charge in [0.2, 0.25) is 5.91 Å². The van der Waals surface area contributed by atoms with Crippen molar-refractivity contribution in [2.75, 3.05) is 19.8 Å². The molecular weight excluding hydrogens is 436 g/mol. The zero-order valence-electron chi connectivity index (χ0n) is 18.8. The molecule has 2 aromatic carbocycles. The van der Waals surface area contributed by atoms with Crippen LogP contribution in [-0.4, -0.2) is 54.5 Å². The van der Waals surface area contributed by atoms with E-state index in [1.807, 2.05) is 24.3 Å². The number of nitrogens with one attached hydrogen (secondary N) is 2. The Bertz CT molecular complexity index is 1070. The maximum absolute atomic E-state index is 12.7. The maximum Gasteiger partial charge on any atom is 0.407 e. The van der Waals surface area contributed by atoms with Crippen molar-refractivity contribution in [3.8, 4) is 11.1 Å². The lowest BCUT2D eigenvalue weighted by molar-refractivity contribution is -0.154. The third kappa shape index (κ3) is 4.03. The van der Waals surface area contributed by atoms with E-state index >= 15 is 0 Å². The van der Waals surface area contributed by atoms with Crippen LogP contribution in [0, 0.1) is 5.92 Å². The molecule has 1 heterocycles. The molecule has 8 heteroatoms. The summed E-state index contributed by atoms with van der Waals surface area (Å²) < 4.78 is 11.1. The van der Waals surface area contributed by atoms with Crippen molar-refractivity contribution in [1.82, 2.24) is 10.6 Å². The molecule has 2 fully saturated rings. The topological polar surface area (TPSA) is 114 Å². The maximum atomic E-state index is 12.7. The number of carboxylic acids is 1. The molecule has 2 unspecified atom stereocenters. The molecule has 3 N–H and O–H groups in total. The highest BCUT2D eigenvalue weighted by atomic mass is 16.5. The number of hydrogen-bond acceptors (Lipinski definition) is 5. The molecule has 2 atom stereocenters. The van der Waals surface area contributed by atoms with Gasteiger partial charge in [0.1, 0.15) is 18.2 Å². The monoisotopic (exact) mass is 464 g/mol. The van der Waals surface area contributed by atoms with Gasteiger partial charge in [0.05, 0.1) is 0 Å². The summed E-state index contributed by atoms with van der Waals surface area (Å²) in [6.07, 6.45) is 0.874. The molecule has 8 nitrogen and oxygen atoms in total. The van der Waals surface area contributed by atoms with Crippen LogP contribution in [0.4, 0.5) is 4.79 Å². The van der Waals surface area contributed by atoms with Crippen LogP contribution in [0.5, 0.6) is 0 Å². The van der Waals surface area contributed by atoms with Gasteiger partial charge in [0.15, 0.2) is 0 Å². The average Bonchev–Trinajstić information content (AvgIpc) is 3.41. The molecule has 3 aliphatic rings. The molecule has 1 saturated heterocycles. The molecule has 34 heavy (non-hydrogen) atoms. The second-order valence-electron chi connectivity index (χ2n) is 9.28. The third-order valence-corrected chi connectivity index (χ3v) is 7.30. The van der Waals surface area contributed by atoms with E-state index in [0.717, 1.165) is 28.7 Å². The Hall–Kier alpha value is -3.39. The Morgan fingerprint density at radius 3 is 2.26 bits per heavy atom. The number of ether oxygens (including phenoxy) is 2. The predicted octanol–water partition coefficient (Wildman–Crippen LogP) is 3.05. The van der Waals surface area contributed by atoms with E-state index in [9.17, 15) is 19.5 Å². The molecule has 0 aromatic heterocycles. The first-order valence-corrected chi connectivity index (χ1v) is 11.7. The summed E-state index contributed by atoms with van der Waals surface area (Å²) in [7, 11) is 0. The molecule has 1 aliphatic heterocycles. The van der Waals surface area contributed by atoms with Crippen molar-refractivity contribution in [2.24, 2.45) is 5.92 Å². The number of carbonyl (C=O) groups excluding carboxylic acids is 2. The van der Waals surface area contributed by atoms with Crippen LogP contribution in [0.3, 0.4) is 0 Å². The van der Waals surface area contributed by atoms with Gasteiger partial charge in [-0.25, -0.2) is 9.59 Å². The Morgan fingerprint density at radius 1 is 1.03 bits per heavy atom. The van der Waals surface area contributed by atoms with Gasteiger partial charge in [-0.15, -0.1) is 0 Å². The van der Waals surface area contributed by atoms with Crippen LogP contribution in [0.25, 0.3) is 11.1 Å². The Morgan fingerprint density at radius 2 is 1.68 bits per heavy atom. The largest absolute Gasteiger partial charge is 0.480 e. The first-order chi connectivity index (χ1) is 16.5. The van der Waals surface area contributed by atoms with Gasteiger partial charge in [-0.2, -0.15) is 0 Å². The average molecular weight is 465 g/mol. The van der Waals surface area contributed by atoms with E-state index in [1.165, 1.54) is 0 Å². The summed E-state index contributed by atoms with van der Waals surface area (Å²) in [5.41, 5.74) is 3.42. The zero-order chi connectivity index (χ0) is 23.7. The number of carbonyl (C=O) groups is 3. The lowest BCUT2D eigenvalue weighted by atomic mass is 9.76. The molecule has 178 valence electrons. The number of carboxylic acid groups (broad SMARTS) is 1. The van der Waals surface area contributed by atoms with Crippen molar-refractivity contribution < 1.29 is 29.0 Å². The first kappa shape index (κ1) is 22.4. The standard InChI is InChI=1S/C26H28N2O6/c29-23(28-26(24(30)31)11-5-12-26)22-16(10-13-33-22)14-27-25(32)34-15-21-19-8-3-1-6-17(19)18-7-2-4-9-20(18)21/h1-4,6-9,16,21-22H,5,10-15H2,(H,27,32)(H,28,29)(H,30,31). The van der Waals surface area contributed by atoms with E-state index in [4.69, 9.17) is 9.47 Å². The normalized spacial score (nSPS) is 22.2. The summed E-state index contributed by atoms with van der Waals surface area (Å²) >= 11 is 0. The van der Waals surface area contributed by atoms with Gasteiger partial charge in [-0.3, -0.25) is 4.79 Å². The number of hydrogen-bond donors (Lipinski definition) is 3. The molecule has 0 radical (unpaired) electrons. The summed E-state index contributed by atoms with van der Waals surface area (Å²) in [5.74, 6) is -1.72. The van der Waals surface area contributed by atoms with Gasteiger partial charge in [-0.05, 0) is 47.9 Å². The van der Waals surface area contributed by atoms with Crippen molar-refractivity contribution in [2.45, 2.75) is 43.2 Å². The second-order valence-corrected chi connectivity index (χ2v) is 9.28. The highest BCUT2D eigenvalue weighted by molar-refractivity contribution is 5.90. The summed E-state index contributed by atoms with van der Waals surface area (Å²) in [4.78, 5) is 36.7. The van der Waals surface area contributed by atoms with Gasteiger partial charge in [0.25, 0.3) is 0 Å². The minimum absolute atomic E-state index is 0.0267. The van der Waals surface area contributed by atoms with Crippen molar-refractivity contribution in [1.29, 1.82) is 0 Å². The Balaban J connectivity index is 1.15. The van der Waals surface area contributed by atoms with Crippen LogP contribution in [0.15, 0.2) is 48.5 Å². The van der Waals surface area contributed by atoms with Gasteiger partial charge in [-0.1, -0.05) is 48.5 Å². The highest BCUT2D eigenvalue weighted by Gasteiger charge is 2.48. The molecule has 2 aliphatic carbocycles. The molecule has 1 saturated carbocycles. The first-order valence-electron chi connectivity index (χ1n) is 11.7. The molecule has 0 bridgehead atoms. The van der Waals surface area contributed by atoms with Crippen LogP contribution >= 0.6 is 0 Å². The van der Waals surface area contributed by atoms with Crippen molar-refractivity contribution >= 4 is 18.0 Å². The van der Waals surface area contributed by atoms with Gasteiger partial charge < -0.3 is 25.2 Å². The van der Waals surface area contributed by atoms with E-state index in [0.29, 0.717) is 25.9 Å². The van der Waals surface area contributed by atoms with E-state index in [-0.39, 0.29) is 25.0 Å². The number of benzene rings is 2. The molecule has 5 rings (SSSR count). The van der Waals surface area contributed by atoms with E-state index in [1.54, 1.807) is 0 Å². The number of aliphatic carboxylic acids is 1. The number of rotatable bonds is 7.